The molecule has 4 nitrogen and oxygen atoms in total. The van der Waals surface area contributed by atoms with Gasteiger partial charge in [0.25, 0.3) is 0 Å². The highest BCUT2D eigenvalue weighted by atomic mass is 32.2. The van der Waals surface area contributed by atoms with Crippen molar-refractivity contribution in [3.63, 3.8) is 0 Å². The molecule has 23 heavy (non-hydrogen) atoms. The number of nitrogens with two attached hydrogens (primary N) is 1. The maximum Gasteiger partial charge on any atom is 0.238 e. The number of hydrogen-bond donors (Lipinski definition) is 1. The van der Waals surface area contributed by atoms with Crippen molar-refractivity contribution in [2.24, 2.45) is 5.14 Å². The second-order valence-electron chi connectivity index (χ2n) is 5.73. The summed E-state index contributed by atoms with van der Waals surface area (Å²) in [5.74, 6) is -1.73. The Bertz CT molecular complexity index is 868. The van der Waals surface area contributed by atoms with Crippen molar-refractivity contribution in [3.05, 3.63) is 59.2 Å². The molecule has 7 heteroatoms. The van der Waals surface area contributed by atoms with Crippen molar-refractivity contribution in [1.29, 1.82) is 0 Å². The lowest BCUT2D eigenvalue weighted by atomic mass is 10.1. The van der Waals surface area contributed by atoms with Gasteiger partial charge in [-0.1, -0.05) is 12.1 Å². The van der Waals surface area contributed by atoms with Crippen molar-refractivity contribution in [3.8, 4) is 0 Å². The van der Waals surface area contributed by atoms with Crippen LogP contribution in [0.5, 0.6) is 0 Å². The van der Waals surface area contributed by atoms with Crippen LogP contribution in [0.4, 0.5) is 14.5 Å². The standard InChI is InChI=1S/C16H16F2N2O2S/c1-10-7-12-8-13(23(19,21)22)5-6-15(12)20(10)9-11-3-2-4-14(17)16(11)18/h2-6,8,10H,7,9H2,1H3,(H2,19,21,22). The van der Waals surface area contributed by atoms with Crippen molar-refractivity contribution in [2.75, 3.05) is 4.90 Å². The summed E-state index contributed by atoms with van der Waals surface area (Å²) in [6, 6.07) is 8.78. The molecular weight excluding hydrogens is 322 g/mol. The van der Waals surface area contributed by atoms with Crippen LogP contribution in [0.1, 0.15) is 18.1 Å². The van der Waals surface area contributed by atoms with Crippen LogP contribution < -0.4 is 10.0 Å². The van der Waals surface area contributed by atoms with Crippen LogP contribution in [0.15, 0.2) is 41.3 Å². The first-order chi connectivity index (χ1) is 10.8. The number of halogens is 2. The minimum Gasteiger partial charge on any atom is -0.364 e. The zero-order valence-electron chi connectivity index (χ0n) is 12.5. The number of nitrogens with zero attached hydrogens (tertiary/aromatic N) is 1. The number of rotatable bonds is 3. The SMILES string of the molecule is CC1Cc2cc(S(N)(=O)=O)ccc2N1Cc1cccc(F)c1F. The summed E-state index contributed by atoms with van der Waals surface area (Å²) in [4.78, 5) is 1.99. The van der Waals surface area contributed by atoms with Crippen LogP contribution in [-0.2, 0) is 23.0 Å². The van der Waals surface area contributed by atoms with E-state index in [1.165, 1.54) is 12.1 Å². The predicted octanol–water partition coefficient (Wildman–Crippen LogP) is 2.56. The Morgan fingerprint density at radius 2 is 2.00 bits per heavy atom. The van der Waals surface area contributed by atoms with E-state index in [1.807, 2.05) is 11.8 Å². The smallest absolute Gasteiger partial charge is 0.238 e. The van der Waals surface area contributed by atoms with Gasteiger partial charge in [0.2, 0.25) is 10.0 Å². The van der Waals surface area contributed by atoms with Crippen LogP contribution in [0.25, 0.3) is 0 Å². The van der Waals surface area contributed by atoms with Crippen LogP contribution in [0, 0.1) is 11.6 Å². The molecule has 0 saturated heterocycles. The lowest BCUT2D eigenvalue weighted by Crippen LogP contribution is -2.29. The predicted molar refractivity (Wildman–Crippen MR) is 83.5 cm³/mol. The highest BCUT2D eigenvalue weighted by Gasteiger charge is 2.28. The van der Waals surface area contributed by atoms with E-state index in [4.69, 9.17) is 5.14 Å². The molecule has 3 rings (SSSR count). The number of hydrogen-bond acceptors (Lipinski definition) is 3. The van der Waals surface area contributed by atoms with E-state index in [2.05, 4.69) is 0 Å². The Morgan fingerprint density at radius 3 is 2.70 bits per heavy atom. The molecule has 0 saturated carbocycles. The normalized spacial score (nSPS) is 17.4. The van der Waals surface area contributed by atoms with Gasteiger partial charge in [-0.2, -0.15) is 0 Å². The first-order valence-electron chi connectivity index (χ1n) is 7.12. The minimum absolute atomic E-state index is 0.0448. The van der Waals surface area contributed by atoms with Gasteiger partial charge in [0.1, 0.15) is 0 Å². The summed E-state index contributed by atoms with van der Waals surface area (Å²) in [5.41, 5.74) is 1.91. The topological polar surface area (TPSA) is 63.4 Å². The summed E-state index contributed by atoms with van der Waals surface area (Å²) in [6.45, 7) is 2.17. The average molecular weight is 338 g/mol. The minimum atomic E-state index is -3.76. The molecule has 0 aromatic heterocycles. The molecule has 1 atom stereocenters. The third-order valence-electron chi connectivity index (χ3n) is 4.11. The van der Waals surface area contributed by atoms with Gasteiger partial charge in [0, 0.05) is 23.8 Å². The van der Waals surface area contributed by atoms with Crippen molar-refractivity contribution >= 4 is 15.7 Å². The molecule has 1 aliphatic heterocycles. The molecule has 122 valence electrons. The summed E-state index contributed by atoms with van der Waals surface area (Å²) >= 11 is 0. The molecule has 1 aliphatic rings. The second kappa shape index (κ2) is 5.58. The lowest BCUT2D eigenvalue weighted by Gasteiger charge is -2.25. The molecular formula is C16H16F2N2O2S. The molecule has 0 spiro atoms. The molecule has 0 aliphatic carbocycles. The number of primary sulfonamides is 1. The third-order valence-corrected chi connectivity index (χ3v) is 5.02. The fourth-order valence-electron chi connectivity index (χ4n) is 2.94. The van der Waals surface area contributed by atoms with Crippen LogP contribution in [0.3, 0.4) is 0 Å². The average Bonchev–Trinajstić information content (AvgIpc) is 2.78. The fraction of sp³-hybridized carbons (Fsp3) is 0.250. The monoisotopic (exact) mass is 338 g/mol. The van der Waals surface area contributed by atoms with Gasteiger partial charge in [-0.15, -0.1) is 0 Å². The van der Waals surface area contributed by atoms with Crippen LogP contribution in [0.2, 0.25) is 0 Å². The highest BCUT2D eigenvalue weighted by Crippen LogP contribution is 2.35. The Kier molecular flexibility index (Phi) is 3.85. The molecule has 0 radical (unpaired) electrons. The van der Waals surface area contributed by atoms with E-state index in [1.54, 1.807) is 18.2 Å². The first kappa shape index (κ1) is 15.9. The van der Waals surface area contributed by atoms with Crippen molar-refractivity contribution < 1.29 is 17.2 Å². The molecule has 2 N–H and O–H groups in total. The number of benzene rings is 2. The Hall–Kier alpha value is -1.99. The quantitative estimate of drug-likeness (QED) is 0.935. The van der Waals surface area contributed by atoms with Crippen LogP contribution in [-0.4, -0.2) is 14.5 Å². The fourth-order valence-corrected chi connectivity index (χ4v) is 3.51. The zero-order valence-corrected chi connectivity index (χ0v) is 13.3. The van der Waals surface area contributed by atoms with E-state index in [-0.39, 0.29) is 23.0 Å². The molecule has 0 bridgehead atoms. The number of sulfonamides is 1. The van der Waals surface area contributed by atoms with E-state index < -0.39 is 21.7 Å². The Balaban J connectivity index is 1.96. The number of anilines is 1. The summed E-state index contributed by atoms with van der Waals surface area (Å²) in [5, 5.41) is 5.15. The Morgan fingerprint density at radius 1 is 1.26 bits per heavy atom. The lowest BCUT2D eigenvalue weighted by molar-refractivity contribution is 0.495. The van der Waals surface area contributed by atoms with Gasteiger partial charge in [-0.3, -0.25) is 0 Å². The summed E-state index contributed by atoms with van der Waals surface area (Å²) in [6.07, 6.45) is 0.621. The van der Waals surface area contributed by atoms with Crippen LogP contribution >= 0.6 is 0 Å². The van der Waals surface area contributed by atoms with Gasteiger partial charge in [0.15, 0.2) is 11.6 Å². The second-order valence-corrected chi connectivity index (χ2v) is 7.29. The van der Waals surface area contributed by atoms with Gasteiger partial charge in [0.05, 0.1) is 4.90 Å². The van der Waals surface area contributed by atoms with E-state index in [9.17, 15) is 17.2 Å². The van der Waals surface area contributed by atoms with E-state index in [0.717, 1.165) is 17.3 Å². The van der Waals surface area contributed by atoms with E-state index >= 15 is 0 Å². The molecule has 2 aromatic carbocycles. The van der Waals surface area contributed by atoms with E-state index in [0.29, 0.717) is 6.42 Å². The molecule has 0 fully saturated rings. The molecule has 1 heterocycles. The third kappa shape index (κ3) is 2.94. The Labute approximate surface area is 133 Å². The highest BCUT2D eigenvalue weighted by molar-refractivity contribution is 7.89. The zero-order chi connectivity index (χ0) is 16.8. The van der Waals surface area contributed by atoms with Gasteiger partial charge in [-0.25, -0.2) is 22.3 Å². The van der Waals surface area contributed by atoms with Gasteiger partial charge < -0.3 is 4.90 Å². The summed E-state index contributed by atoms with van der Waals surface area (Å²) in [7, 11) is -3.76. The first-order valence-corrected chi connectivity index (χ1v) is 8.67. The summed E-state index contributed by atoms with van der Waals surface area (Å²) < 4.78 is 50.1. The largest absolute Gasteiger partial charge is 0.364 e. The van der Waals surface area contributed by atoms with Crippen molar-refractivity contribution in [2.45, 2.75) is 30.8 Å². The van der Waals surface area contributed by atoms with Gasteiger partial charge >= 0.3 is 0 Å². The van der Waals surface area contributed by atoms with Crippen molar-refractivity contribution in [1.82, 2.24) is 0 Å². The molecule has 2 aromatic rings. The molecule has 0 amide bonds. The maximum atomic E-state index is 13.9. The molecule has 1 unspecified atom stereocenters. The maximum absolute atomic E-state index is 13.9. The van der Waals surface area contributed by atoms with Gasteiger partial charge in [-0.05, 0) is 43.2 Å². The number of fused-ring (bicyclic) bond motifs is 1.